The zero-order valence-electron chi connectivity index (χ0n) is 11.4. The summed E-state index contributed by atoms with van der Waals surface area (Å²) < 4.78 is 3.56. The first-order chi connectivity index (χ1) is 9.65. The third-order valence-electron chi connectivity index (χ3n) is 3.20. The Kier molecular flexibility index (Phi) is 2.95. The van der Waals surface area contributed by atoms with Crippen molar-refractivity contribution in [2.24, 2.45) is 7.05 Å². The molecule has 3 aromatic heterocycles. The number of pyridine rings is 2. The lowest BCUT2D eigenvalue weighted by Gasteiger charge is -2.07. The molecule has 5 nitrogen and oxygen atoms in total. The van der Waals surface area contributed by atoms with Crippen LogP contribution in [0.25, 0.3) is 5.65 Å². The first-order valence-electron chi connectivity index (χ1n) is 6.35. The molecule has 0 aliphatic rings. The van der Waals surface area contributed by atoms with Crippen molar-refractivity contribution >= 4 is 17.3 Å². The Labute approximate surface area is 116 Å². The van der Waals surface area contributed by atoms with Gasteiger partial charge in [-0.25, -0.2) is 9.55 Å². The van der Waals surface area contributed by atoms with Gasteiger partial charge in [-0.15, -0.1) is 0 Å². The molecule has 0 aromatic carbocycles. The molecule has 20 heavy (non-hydrogen) atoms. The van der Waals surface area contributed by atoms with E-state index in [0.717, 1.165) is 11.2 Å². The molecule has 0 saturated heterocycles. The highest BCUT2D eigenvalue weighted by atomic mass is 16.1. The van der Waals surface area contributed by atoms with Gasteiger partial charge in [0.1, 0.15) is 0 Å². The topological polar surface area (TPSA) is 50.3 Å². The molecule has 3 rings (SSSR count). The molecule has 0 aliphatic heterocycles. The molecule has 0 bridgehead atoms. The summed E-state index contributed by atoms with van der Waals surface area (Å²) in [6.45, 7) is 1.96. The Bertz CT molecular complexity index is 824. The van der Waals surface area contributed by atoms with Gasteiger partial charge in [-0.1, -0.05) is 6.07 Å². The van der Waals surface area contributed by atoms with Gasteiger partial charge in [-0.05, 0) is 30.7 Å². The molecule has 0 amide bonds. The first-order valence-corrected chi connectivity index (χ1v) is 6.35. The summed E-state index contributed by atoms with van der Waals surface area (Å²) in [6, 6.07) is 11.1. The molecule has 1 N–H and O–H groups in total. The van der Waals surface area contributed by atoms with E-state index in [1.807, 2.05) is 55.1 Å². The number of aryl methyl sites for hydroxylation is 2. The first kappa shape index (κ1) is 12.3. The molecule has 3 aromatic rings. The Hall–Kier alpha value is -2.69. The Morgan fingerprint density at radius 3 is 2.85 bits per heavy atom. The second-order valence-electron chi connectivity index (χ2n) is 4.70. The van der Waals surface area contributed by atoms with Crippen LogP contribution < -0.4 is 15.4 Å². The Morgan fingerprint density at radius 1 is 1.25 bits per heavy atom. The molecule has 0 atom stereocenters. The normalized spacial score (nSPS) is 10.7. The number of anilines is 2. The maximum absolute atomic E-state index is 12.2. The van der Waals surface area contributed by atoms with Gasteiger partial charge in [0.25, 0.3) is 0 Å². The third kappa shape index (κ3) is 2.14. The smallest absolute Gasteiger partial charge is 0.257 e. The van der Waals surface area contributed by atoms with E-state index in [4.69, 9.17) is 0 Å². The SMILES string of the molecule is Cc1ccc2n(c1)c(=O)cc(Nc1ccccn1)[n+]2C. The standard InChI is InChI=1S/C15H14N4O/c1-11-6-7-14-18(2)13(9-15(20)19(14)10-11)17-12-5-3-4-8-16-12/h3-10H,1-2H3/p+1. The van der Waals surface area contributed by atoms with E-state index < -0.39 is 0 Å². The van der Waals surface area contributed by atoms with Crippen LogP contribution in [0.15, 0.2) is 53.6 Å². The highest BCUT2D eigenvalue weighted by molar-refractivity contribution is 5.49. The Morgan fingerprint density at radius 2 is 2.10 bits per heavy atom. The number of nitrogens with zero attached hydrogens (tertiary/aromatic N) is 3. The summed E-state index contributed by atoms with van der Waals surface area (Å²) in [5, 5.41) is 3.16. The van der Waals surface area contributed by atoms with E-state index in [2.05, 4.69) is 10.3 Å². The summed E-state index contributed by atoms with van der Waals surface area (Å²) in [5.41, 5.74) is 1.80. The lowest BCUT2D eigenvalue weighted by atomic mass is 10.3. The van der Waals surface area contributed by atoms with E-state index in [1.165, 1.54) is 0 Å². The van der Waals surface area contributed by atoms with Crippen LogP contribution in [0.2, 0.25) is 0 Å². The number of nitrogens with one attached hydrogen (secondary N) is 1. The van der Waals surface area contributed by atoms with E-state index in [0.29, 0.717) is 11.6 Å². The molecular weight excluding hydrogens is 252 g/mol. The van der Waals surface area contributed by atoms with Gasteiger partial charge in [-0.3, -0.25) is 10.1 Å². The Balaban J connectivity index is 2.16. The maximum atomic E-state index is 12.2. The molecular formula is C15H15N4O+. The van der Waals surface area contributed by atoms with E-state index in [9.17, 15) is 4.79 Å². The minimum Gasteiger partial charge on any atom is -0.257 e. The average Bonchev–Trinajstić information content (AvgIpc) is 2.45. The lowest BCUT2D eigenvalue weighted by molar-refractivity contribution is -0.633. The van der Waals surface area contributed by atoms with Crippen LogP contribution in [-0.2, 0) is 7.05 Å². The van der Waals surface area contributed by atoms with E-state index >= 15 is 0 Å². The van der Waals surface area contributed by atoms with Crippen molar-refractivity contribution in [3.63, 3.8) is 0 Å². The minimum atomic E-state index is -0.0692. The largest absolute Gasteiger partial charge is 0.317 e. The monoisotopic (exact) mass is 267 g/mol. The van der Waals surface area contributed by atoms with E-state index in [1.54, 1.807) is 16.7 Å². The second-order valence-corrected chi connectivity index (χ2v) is 4.70. The molecule has 100 valence electrons. The number of hydrogen-bond acceptors (Lipinski definition) is 3. The molecule has 0 aliphatic carbocycles. The van der Waals surface area contributed by atoms with Crippen LogP contribution in [0, 0.1) is 6.92 Å². The highest BCUT2D eigenvalue weighted by Gasteiger charge is 2.13. The van der Waals surface area contributed by atoms with Crippen molar-refractivity contribution < 1.29 is 4.57 Å². The molecule has 0 fully saturated rings. The molecule has 5 heteroatoms. The fourth-order valence-corrected chi connectivity index (χ4v) is 2.14. The van der Waals surface area contributed by atoms with Crippen molar-refractivity contribution in [3.8, 4) is 0 Å². The van der Waals surface area contributed by atoms with Gasteiger partial charge in [0.15, 0.2) is 5.82 Å². The van der Waals surface area contributed by atoms with Gasteiger partial charge in [0.2, 0.25) is 11.5 Å². The van der Waals surface area contributed by atoms with Crippen molar-refractivity contribution in [2.75, 3.05) is 5.32 Å². The van der Waals surface area contributed by atoms with Crippen molar-refractivity contribution in [2.45, 2.75) is 6.92 Å². The van der Waals surface area contributed by atoms with Crippen LogP contribution in [0.1, 0.15) is 5.56 Å². The summed E-state index contributed by atoms with van der Waals surface area (Å²) >= 11 is 0. The van der Waals surface area contributed by atoms with Gasteiger partial charge >= 0.3 is 5.56 Å². The van der Waals surface area contributed by atoms with Crippen molar-refractivity contribution in [3.05, 3.63) is 64.7 Å². The highest BCUT2D eigenvalue weighted by Crippen LogP contribution is 2.09. The second kappa shape index (κ2) is 4.77. The minimum absolute atomic E-state index is 0.0692. The molecule has 0 saturated carbocycles. The molecule has 3 heterocycles. The maximum Gasteiger partial charge on any atom is 0.317 e. The third-order valence-corrected chi connectivity index (χ3v) is 3.20. The molecule has 0 radical (unpaired) electrons. The zero-order valence-corrected chi connectivity index (χ0v) is 11.4. The number of hydrogen-bond donors (Lipinski definition) is 1. The zero-order chi connectivity index (χ0) is 14.1. The predicted molar refractivity (Wildman–Crippen MR) is 77.1 cm³/mol. The van der Waals surface area contributed by atoms with Gasteiger partial charge in [-0.2, -0.15) is 4.40 Å². The fourth-order valence-electron chi connectivity index (χ4n) is 2.14. The summed E-state index contributed by atoms with van der Waals surface area (Å²) in [5.74, 6) is 1.41. The van der Waals surface area contributed by atoms with Crippen LogP contribution in [0.5, 0.6) is 0 Å². The van der Waals surface area contributed by atoms with Gasteiger partial charge in [0, 0.05) is 12.3 Å². The van der Waals surface area contributed by atoms with Crippen molar-refractivity contribution in [1.82, 2.24) is 9.38 Å². The summed E-state index contributed by atoms with van der Waals surface area (Å²) in [4.78, 5) is 16.4. The fraction of sp³-hybridized carbons (Fsp3) is 0.133. The predicted octanol–water partition coefficient (Wildman–Crippen LogP) is 1.57. The van der Waals surface area contributed by atoms with Crippen LogP contribution in [0.3, 0.4) is 0 Å². The summed E-state index contributed by atoms with van der Waals surface area (Å²) in [6.07, 6.45) is 3.54. The van der Waals surface area contributed by atoms with Gasteiger partial charge < -0.3 is 0 Å². The number of rotatable bonds is 2. The van der Waals surface area contributed by atoms with Crippen LogP contribution in [0.4, 0.5) is 11.6 Å². The summed E-state index contributed by atoms with van der Waals surface area (Å²) in [7, 11) is 1.91. The number of fused-ring (bicyclic) bond motifs is 1. The molecule has 0 spiro atoms. The van der Waals surface area contributed by atoms with Crippen molar-refractivity contribution in [1.29, 1.82) is 0 Å². The molecule has 0 unspecified atom stereocenters. The van der Waals surface area contributed by atoms with Gasteiger partial charge in [0.05, 0.1) is 19.3 Å². The van der Waals surface area contributed by atoms with E-state index in [-0.39, 0.29) is 5.56 Å². The lowest BCUT2D eigenvalue weighted by Crippen LogP contribution is -2.38. The van der Waals surface area contributed by atoms with Crippen LogP contribution >= 0.6 is 0 Å². The average molecular weight is 267 g/mol. The van der Waals surface area contributed by atoms with Crippen LogP contribution in [-0.4, -0.2) is 9.38 Å². The number of aromatic nitrogens is 3. The quantitative estimate of drug-likeness (QED) is 0.717.